The van der Waals surface area contributed by atoms with Crippen molar-refractivity contribution < 1.29 is 0 Å². The third kappa shape index (κ3) is 5.52. The van der Waals surface area contributed by atoms with Gasteiger partial charge >= 0.3 is 0 Å². The summed E-state index contributed by atoms with van der Waals surface area (Å²) >= 11 is 0. The second-order valence-corrected chi connectivity index (χ2v) is 19.4. The average molecular weight is 745 g/mol. The lowest BCUT2D eigenvalue weighted by molar-refractivity contribution is 0.663. The Balaban J connectivity index is 1.07. The van der Waals surface area contributed by atoms with Crippen LogP contribution in [0, 0.1) is 6.57 Å². The summed E-state index contributed by atoms with van der Waals surface area (Å²) in [5.41, 5.74) is 8.77. The van der Waals surface area contributed by atoms with Crippen molar-refractivity contribution in [1.29, 1.82) is 0 Å². The van der Waals surface area contributed by atoms with E-state index in [9.17, 15) is 0 Å². The third-order valence-corrected chi connectivity index (χ3v) is 17.0. The highest BCUT2D eigenvalue weighted by atomic mass is 28.3. The zero-order valence-corrected chi connectivity index (χ0v) is 33.0. The van der Waals surface area contributed by atoms with Crippen molar-refractivity contribution in [2.45, 2.75) is 19.3 Å². The van der Waals surface area contributed by atoms with Gasteiger partial charge in [-0.2, -0.15) is 0 Å². The summed E-state index contributed by atoms with van der Waals surface area (Å²) in [5.74, 6) is 0. The van der Waals surface area contributed by atoms with E-state index in [0.717, 1.165) is 22.6 Å². The van der Waals surface area contributed by atoms with Crippen molar-refractivity contribution in [2.24, 2.45) is 0 Å². The lowest BCUT2D eigenvalue weighted by Gasteiger charge is -2.34. The van der Waals surface area contributed by atoms with Crippen LogP contribution < -0.4 is 25.6 Å². The number of nitrogens with zero attached hydrogens (tertiary/aromatic N) is 2. The van der Waals surface area contributed by atoms with Crippen LogP contribution in [-0.4, -0.2) is 8.07 Å². The topological polar surface area (TPSA) is 7.60 Å². The molecule has 0 radical (unpaired) electrons. The van der Waals surface area contributed by atoms with Gasteiger partial charge in [-0.15, -0.1) is 0 Å². The summed E-state index contributed by atoms with van der Waals surface area (Å²) in [7, 11) is -2.60. The molecule has 0 atom stereocenters. The smallest absolute Gasteiger partial charge is 0.187 e. The standard InChI is InChI=1S/C54H40N2Si/c1-54(2)50-21-13-14-40-22-23-41-36-45(37-51(54)53(41)52(40)50)56(44-32-28-42(55-3)29-33-44)43-30-24-38(25-31-43)39-26-34-49(35-27-39)57(46-15-7-4-8-16-46,47-17-9-5-10-18-47)48-19-11-6-12-20-48/h4-37H,1-2H3. The SMILES string of the molecule is [C-]#[N+]c1ccc(N(c2ccc(-c3ccc([Si](c4ccccc4)(c4ccccc4)c4ccccc4)cc3)cc2)c2cc3c4c(ccc5cccc(c54)C3(C)C)c2)cc1. The van der Waals surface area contributed by atoms with E-state index in [-0.39, 0.29) is 5.41 Å². The van der Waals surface area contributed by atoms with E-state index in [1.165, 1.54) is 59.0 Å². The van der Waals surface area contributed by atoms with Gasteiger partial charge in [-0.25, -0.2) is 4.85 Å². The van der Waals surface area contributed by atoms with E-state index >= 15 is 0 Å². The molecule has 0 aromatic heterocycles. The second-order valence-electron chi connectivity index (χ2n) is 15.6. The molecule has 57 heavy (non-hydrogen) atoms. The minimum Gasteiger partial charge on any atom is -0.311 e. The monoisotopic (exact) mass is 744 g/mol. The molecular weight excluding hydrogens is 705 g/mol. The van der Waals surface area contributed by atoms with Gasteiger partial charge in [-0.3, -0.25) is 0 Å². The van der Waals surface area contributed by atoms with Crippen LogP contribution in [0.5, 0.6) is 0 Å². The Labute approximate surface area is 335 Å². The highest BCUT2D eigenvalue weighted by molar-refractivity contribution is 7.19. The van der Waals surface area contributed by atoms with Gasteiger partial charge in [0.15, 0.2) is 13.8 Å². The first-order valence-electron chi connectivity index (χ1n) is 19.6. The van der Waals surface area contributed by atoms with Crippen molar-refractivity contribution in [3.63, 3.8) is 0 Å². The van der Waals surface area contributed by atoms with E-state index in [1.54, 1.807) is 0 Å². The van der Waals surface area contributed by atoms with Crippen molar-refractivity contribution in [3.8, 4) is 11.1 Å². The van der Waals surface area contributed by atoms with E-state index in [0.29, 0.717) is 5.69 Å². The summed E-state index contributed by atoms with van der Waals surface area (Å²) < 4.78 is 0. The predicted molar refractivity (Wildman–Crippen MR) is 244 cm³/mol. The molecule has 0 heterocycles. The van der Waals surface area contributed by atoms with Gasteiger partial charge in [0.1, 0.15) is 0 Å². The summed E-state index contributed by atoms with van der Waals surface area (Å²) in [6.07, 6.45) is 0. The number of rotatable bonds is 8. The molecular formula is C54H40N2Si. The highest BCUT2D eigenvalue weighted by Gasteiger charge is 2.41. The molecule has 0 fully saturated rings. The molecule has 0 amide bonds. The quantitative estimate of drug-likeness (QED) is 0.0651. The molecule has 1 aliphatic carbocycles. The number of hydrogen-bond donors (Lipinski definition) is 0. The highest BCUT2D eigenvalue weighted by Crippen LogP contribution is 2.51. The molecule has 0 bridgehead atoms. The third-order valence-electron chi connectivity index (χ3n) is 12.2. The molecule has 3 heteroatoms. The van der Waals surface area contributed by atoms with Gasteiger partial charge in [0, 0.05) is 22.5 Å². The minimum absolute atomic E-state index is 0.130. The fourth-order valence-corrected chi connectivity index (χ4v) is 14.2. The van der Waals surface area contributed by atoms with E-state index in [1.807, 2.05) is 12.1 Å². The van der Waals surface area contributed by atoms with Gasteiger partial charge in [0.25, 0.3) is 0 Å². The van der Waals surface area contributed by atoms with Gasteiger partial charge < -0.3 is 4.90 Å². The van der Waals surface area contributed by atoms with Crippen LogP contribution >= 0.6 is 0 Å². The second kappa shape index (κ2) is 13.6. The van der Waals surface area contributed by atoms with Crippen LogP contribution in [0.4, 0.5) is 22.7 Å². The number of benzene rings is 9. The van der Waals surface area contributed by atoms with Crippen molar-refractivity contribution in [3.05, 3.63) is 229 Å². The zero-order chi connectivity index (χ0) is 38.6. The maximum absolute atomic E-state index is 7.59. The Morgan fingerprint density at radius 3 is 1.44 bits per heavy atom. The molecule has 2 nitrogen and oxygen atoms in total. The maximum Gasteiger partial charge on any atom is 0.187 e. The fourth-order valence-electron chi connectivity index (χ4n) is 9.42. The van der Waals surface area contributed by atoms with Crippen molar-refractivity contribution in [1.82, 2.24) is 0 Å². The summed E-state index contributed by atoms with van der Waals surface area (Å²) in [6.45, 7) is 12.3. The lowest BCUT2D eigenvalue weighted by Crippen LogP contribution is -2.74. The van der Waals surface area contributed by atoms with Gasteiger partial charge in [0.05, 0.1) is 6.57 Å². The molecule has 0 aliphatic heterocycles. The number of anilines is 3. The molecule has 1 aliphatic rings. The molecule has 10 rings (SSSR count). The van der Waals surface area contributed by atoms with Crippen LogP contribution in [-0.2, 0) is 5.41 Å². The Hall–Kier alpha value is -6.99. The zero-order valence-electron chi connectivity index (χ0n) is 32.0. The predicted octanol–water partition coefficient (Wildman–Crippen LogP) is 11.7. The van der Waals surface area contributed by atoms with E-state index in [4.69, 9.17) is 6.57 Å². The van der Waals surface area contributed by atoms with Crippen molar-refractivity contribution in [2.75, 3.05) is 4.90 Å². The fraction of sp³-hybridized carbons (Fsp3) is 0.0556. The first kappa shape index (κ1) is 34.5. The average Bonchev–Trinajstić information content (AvgIpc) is 3.51. The Morgan fingerprint density at radius 1 is 0.421 bits per heavy atom. The van der Waals surface area contributed by atoms with Crippen LogP contribution in [0.1, 0.15) is 25.0 Å². The maximum atomic E-state index is 7.59. The molecule has 9 aromatic carbocycles. The molecule has 0 unspecified atom stereocenters. The first-order chi connectivity index (χ1) is 28.0. The van der Waals surface area contributed by atoms with Crippen LogP contribution in [0.15, 0.2) is 206 Å². The molecule has 0 saturated carbocycles. The minimum atomic E-state index is -2.60. The molecule has 270 valence electrons. The Kier molecular flexibility index (Phi) is 8.25. The van der Waals surface area contributed by atoms with E-state index < -0.39 is 8.07 Å². The van der Waals surface area contributed by atoms with Crippen LogP contribution in [0.25, 0.3) is 37.5 Å². The Bertz CT molecular complexity index is 2850. The molecule has 9 aromatic rings. The van der Waals surface area contributed by atoms with Gasteiger partial charge in [-0.1, -0.05) is 184 Å². The Morgan fingerprint density at radius 2 is 0.895 bits per heavy atom. The molecule has 0 N–H and O–H groups in total. The summed E-state index contributed by atoms with van der Waals surface area (Å²) in [5, 5.41) is 10.7. The van der Waals surface area contributed by atoms with Crippen LogP contribution in [0.2, 0.25) is 0 Å². The van der Waals surface area contributed by atoms with Crippen molar-refractivity contribution >= 4 is 73.1 Å². The summed E-state index contributed by atoms with van der Waals surface area (Å²) in [4.78, 5) is 6.01. The molecule has 0 spiro atoms. The normalized spacial score (nSPS) is 12.9. The summed E-state index contributed by atoms with van der Waals surface area (Å²) in [6, 6.07) is 75.4. The lowest BCUT2D eigenvalue weighted by atomic mass is 9.81. The molecule has 0 saturated heterocycles. The van der Waals surface area contributed by atoms with Gasteiger partial charge in [-0.05, 0) is 101 Å². The van der Waals surface area contributed by atoms with Crippen LogP contribution in [0.3, 0.4) is 0 Å². The van der Waals surface area contributed by atoms with Gasteiger partial charge in [0.2, 0.25) is 0 Å². The number of hydrogen-bond acceptors (Lipinski definition) is 1. The van der Waals surface area contributed by atoms with E-state index in [2.05, 4.69) is 218 Å². The largest absolute Gasteiger partial charge is 0.311 e. The first-order valence-corrected chi connectivity index (χ1v) is 21.6.